The van der Waals surface area contributed by atoms with E-state index in [9.17, 15) is 18.0 Å². The van der Waals surface area contributed by atoms with Gasteiger partial charge in [0.2, 0.25) is 5.91 Å². The van der Waals surface area contributed by atoms with Gasteiger partial charge in [0, 0.05) is 32.6 Å². The zero-order valence-corrected chi connectivity index (χ0v) is 16.4. The van der Waals surface area contributed by atoms with Gasteiger partial charge < -0.3 is 14.7 Å². The number of alkyl halides is 3. The van der Waals surface area contributed by atoms with Gasteiger partial charge in [-0.15, -0.1) is 0 Å². The van der Waals surface area contributed by atoms with Gasteiger partial charge in [-0.25, -0.2) is 9.86 Å². The van der Waals surface area contributed by atoms with E-state index in [0.29, 0.717) is 30.8 Å². The minimum atomic E-state index is -5.08. The molecule has 4 rings (SSSR count). The van der Waals surface area contributed by atoms with Crippen LogP contribution in [-0.4, -0.2) is 79.1 Å². The molecule has 10 heteroatoms. The van der Waals surface area contributed by atoms with Gasteiger partial charge >= 0.3 is 12.1 Å². The summed E-state index contributed by atoms with van der Waals surface area (Å²) in [5.41, 5.74) is 0. The van der Waals surface area contributed by atoms with Crippen LogP contribution in [0.3, 0.4) is 0 Å². The first-order valence-corrected chi connectivity index (χ1v) is 10.3. The van der Waals surface area contributed by atoms with Crippen molar-refractivity contribution in [2.24, 2.45) is 23.7 Å². The maximum Gasteiger partial charge on any atom is 0.490 e. The van der Waals surface area contributed by atoms with E-state index < -0.39 is 12.1 Å². The van der Waals surface area contributed by atoms with Crippen molar-refractivity contribution in [1.29, 1.82) is 0 Å². The van der Waals surface area contributed by atoms with Crippen LogP contribution in [0.2, 0.25) is 0 Å². The minimum absolute atomic E-state index is 0.162. The molecule has 3 saturated heterocycles. The third kappa shape index (κ3) is 6.55. The minimum Gasteiger partial charge on any atom is -0.475 e. The van der Waals surface area contributed by atoms with E-state index >= 15 is 0 Å². The number of carbonyl (C=O) groups is 2. The van der Waals surface area contributed by atoms with Crippen molar-refractivity contribution in [3.8, 4) is 0 Å². The van der Waals surface area contributed by atoms with Crippen LogP contribution >= 0.6 is 0 Å². The number of carboxylic acid groups (broad SMARTS) is 1. The van der Waals surface area contributed by atoms with Gasteiger partial charge in [0.1, 0.15) is 0 Å². The highest BCUT2D eigenvalue weighted by atomic mass is 19.4. The lowest BCUT2D eigenvalue weighted by Crippen LogP contribution is -2.41. The molecule has 0 radical (unpaired) electrons. The van der Waals surface area contributed by atoms with Gasteiger partial charge in [-0.05, 0) is 49.4 Å². The van der Waals surface area contributed by atoms with Crippen LogP contribution < -0.4 is 0 Å². The fourth-order valence-electron chi connectivity index (χ4n) is 4.34. The molecule has 7 nitrogen and oxygen atoms in total. The maximum atomic E-state index is 12.5. The van der Waals surface area contributed by atoms with E-state index in [0.717, 1.165) is 38.5 Å². The summed E-state index contributed by atoms with van der Waals surface area (Å²) in [6, 6.07) is 0. The zero-order chi connectivity index (χ0) is 21.0. The van der Waals surface area contributed by atoms with Gasteiger partial charge in [0.05, 0.1) is 19.8 Å². The van der Waals surface area contributed by atoms with Crippen molar-refractivity contribution < 1.29 is 37.4 Å². The molecule has 3 atom stereocenters. The summed E-state index contributed by atoms with van der Waals surface area (Å²) in [6.45, 7) is 6.69. The first kappa shape index (κ1) is 22.3. The summed E-state index contributed by atoms with van der Waals surface area (Å²) in [5.74, 6) is -0.000194. The quantitative estimate of drug-likeness (QED) is 0.748. The number of hydroxylamine groups is 2. The van der Waals surface area contributed by atoms with Crippen LogP contribution in [0.15, 0.2) is 0 Å². The molecule has 4 fully saturated rings. The highest BCUT2D eigenvalue weighted by molar-refractivity contribution is 5.75. The largest absolute Gasteiger partial charge is 0.490 e. The molecule has 1 amide bonds. The summed E-state index contributed by atoms with van der Waals surface area (Å²) in [6.07, 6.45) is 0.469. The summed E-state index contributed by atoms with van der Waals surface area (Å²) in [4.78, 5) is 29.5. The van der Waals surface area contributed by atoms with Crippen LogP contribution in [0.1, 0.15) is 32.1 Å². The van der Waals surface area contributed by atoms with Gasteiger partial charge in [0.25, 0.3) is 0 Å². The number of amides is 1. The van der Waals surface area contributed by atoms with Crippen molar-refractivity contribution in [3.05, 3.63) is 0 Å². The lowest BCUT2D eigenvalue weighted by Gasteiger charge is -2.34. The molecule has 0 aromatic rings. The summed E-state index contributed by atoms with van der Waals surface area (Å²) >= 11 is 0. The van der Waals surface area contributed by atoms with E-state index in [2.05, 4.69) is 4.90 Å². The predicted octanol–water partition coefficient (Wildman–Crippen LogP) is 2.17. The molecule has 0 bridgehead atoms. The summed E-state index contributed by atoms with van der Waals surface area (Å²) in [7, 11) is 0. The van der Waals surface area contributed by atoms with Crippen molar-refractivity contribution >= 4 is 11.9 Å². The summed E-state index contributed by atoms with van der Waals surface area (Å²) in [5, 5.41) is 8.73. The molecular weight excluding hydrogens is 393 g/mol. The number of carbonyl (C=O) groups excluding carboxylic acids is 1. The number of carboxylic acids is 1. The van der Waals surface area contributed by atoms with E-state index in [-0.39, 0.29) is 5.91 Å². The Bertz CT molecular complexity index is 579. The number of halogens is 3. The Labute approximate surface area is 168 Å². The number of ether oxygens (including phenoxy) is 1. The number of hydrogen-bond donors (Lipinski definition) is 1. The normalized spacial score (nSPS) is 30.3. The van der Waals surface area contributed by atoms with E-state index in [1.54, 1.807) is 5.06 Å². The van der Waals surface area contributed by atoms with E-state index in [1.165, 1.54) is 32.5 Å². The van der Waals surface area contributed by atoms with Gasteiger partial charge in [-0.2, -0.15) is 13.2 Å². The van der Waals surface area contributed by atoms with Crippen LogP contribution in [-0.2, 0) is 19.2 Å². The number of fused-ring (bicyclic) bond motifs is 1. The van der Waals surface area contributed by atoms with Crippen molar-refractivity contribution in [1.82, 2.24) is 9.96 Å². The highest BCUT2D eigenvalue weighted by Crippen LogP contribution is 2.38. The first-order valence-electron chi connectivity index (χ1n) is 10.3. The highest BCUT2D eigenvalue weighted by Gasteiger charge is 2.43. The Kier molecular flexibility index (Phi) is 7.39. The number of aliphatic carboxylic acids is 1. The molecule has 0 aromatic heterocycles. The van der Waals surface area contributed by atoms with Gasteiger partial charge in [0.15, 0.2) is 0 Å². The Morgan fingerprint density at radius 3 is 2.41 bits per heavy atom. The van der Waals surface area contributed by atoms with E-state index in [4.69, 9.17) is 19.5 Å². The molecule has 1 aliphatic carbocycles. The third-order valence-corrected chi connectivity index (χ3v) is 6.01. The third-order valence-electron chi connectivity index (χ3n) is 6.01. The predicted molar refractivity (Wildman–Crippen MR) is 95.7 cm³/mol. The Balaban J connectivity index is 0.000000298. The second-order valence-electron chi connectivity index (χ2n) is 8.43. The number of nitrogens with zero attached hydrogens (tertiary/aromatic N) is 2. The number of hydrogen-bond acceptors (Lipinski definition) is 5. The Morgan fingerprint density at radius 2 is 1.83 bits per heavy atom. The number of likely N-dealkylation sites (tertiary alicyclic amines) is 1. The van der Waals surface area contributed by atoms with Gasteiger partial charge in [-0.3, -0.25) is 9.63 Å². The Hall–Kier alpha value is -1.39. The second kappa shape index (κ2) is 9.61. The zero-order valence-electron chi connectivity index (χ0n) is 16.4. The molecule has 3 heterocycles. The van der Waals surface area contributed by atoms with Crippen molar-refractivity contribution in [3.63, 3.8) is 0 Å². The first-order chi connectivity index (χ1) is 13.7. The number of rotatable bonds is 4. The molecule has 29 heavy (non-hydrogen) atoms. The molecule has 0 unspecified atom stereocenters. The molecule has 1 saturated carbocycles. The van der Waals surface area contributed by atoms with Crippen molar-refractivity contribution in [2.75, 3.05) is 46.0 Å². The SMILES string of the molecule is O=C(C[C@@H]1COC[C@H]2CN(CC3CC3)C[C@@H]12)N1CCCCO1.O=C(O)C(F)(F)F. The molecular formula is C19H29F3N2O5. The standard InChI is InChI=1S/C17H28N2O3.C2HF3O2/c20-17(19-5-1-2-6-22-19)7-14-11-21-12-15-9-18(10-16(14)15)8-13-3-4-13;3-2(4,5)1(6)7/h13-16H,1-12H2;(H,6,7)/t14-,15-,16+;/m1./s1. The van der Waals surface area contributed by atoms with Crippen LogP contribution in [0.5, 0.6) is 0 Å². The summed E-state index contributed by atoms with van der Waals surface area (Å²) < 4.78 is 37.6. The molecule has 0 aromatic carbocycles. The van der Waals surface area contributed by atoms with Crippen molar-refractivity contribution in [2.45, 2.75) is 38.3 Å². The average Bonchev–Trinajstić information content (AvgIpc) is 3.38. The smallest absolute Gasteiger partial charge is 0.475 e. The fraction of sp³-hybridized carbons (Fsp3) is 0.895. The molecule has 4 aliphatic rings. The van der Waals surface area contributed by atoms with Crippen LogP contribution in [0.25, 0.3) is 0 Å². The van der Waals surface area contributed by atoms with Crippen LogP contribution in [0.4, 0.5) is 13.2 Å². The lowest BCUT2D eigenvalue weighted by atomic mass is 9.81. The lowest BCUT2D eigenvalue weighted by molar-refractivity contribution is -0.199. The molecule has 166 valence electrons. The fourth-order valence-corrected chi connectivity index (χ4v) is 4.34. The second-order valence-corrected chi connectivity index (χ2v) is 8.43. The molecule has 1 N–H and O–H groups in total. The molecule has 3 aliphatic heterocycles. The molecule has 0 spiro atoms. The van der Waals surface area contributed by atoms with E-state index in [1.807, 2.05) is 0 Å². The van der Waals surface area contributed by atoms with Crippen LogP contribution in [0, 0.1) is 23.7 Å². The average molecular weight is 422 g/mol. The maximum absolute atomic E-state index is 12.5. The van der Waals surface area contributed by atoms with Gasteiger partial charge in [-0.1, -0.05) is 0 Å². The topological polar surface area (TPSA) is 79.3 Å². The monoisotopic (exact) mass is 422 g/mol. The Morgan fingerprint density at radius 1 is 1.10 bits per heavy atom.